The van der Waals surface area contributed by atoms with Crippen LogP contribution in [0.25, 0.3) is 0 Å². The Bertz CT molecular complexity index is 1150. The monoisotopic (exact) mass is 540 g/mol. The van der Waals surface area contributed by atoms with Crippen LogP contribution in [0.2, 0.25) is 0 Å². The molecule has 0 spiro atoms. The van der Waals surface area contributed by atoms with Crippen LogP contribution in [0.1, 0.15) is 33.6 Å². The lowest BCUT2D eigenvalue weighted by Crippen LogP contribution is -2.53. The van der Waals surface area contributed by atoms with Crippen LogP contribution >= 0.6 is 10.3 Å². The van der Waals surface area contributed by atoms with Crippen LogP contribution in [0.3, 0.4) is 0 Å². The van der Waals surface area contributed by atoms with Gasteiger partial charge in [0.05, 0.1) is 11.3 Å². The molecule has 192 valence electrons. The number of ether oxygens (including phenoxy) is 1. The summed E-state index contributed by atoms with van der Waals surface area (Å²) in [5, 5.41) is -5.67. The maximum Gasteiger partial charge on any atom is 0.432 e. The highest BCUT2D eigenvalue weighted by Crippen LogP contribution is 2.58. The minimum atomic E-state index is -6.29. The number of ketones is 1. The third kappa shape index (κ3) is 6.19. The quantitative estimate of drug-likeness (QED) is 0.250. The van der Waals surface area contributed by atoms with Gasteiger partial charge in [0.25, 0.3) is 6.10 Å². The fourth-order valence-corrected chi connectivity index (χ4v) is 9.12. The number of hydrogen-bond donors (Lipinski definition) is 0. The number of carbonyl (C=O) groups is 2. The van der Waals surface area contributed by atoms with Crippen molar-refractivity contribution in [2.45, 2.75) is 30.4 Å². The molecule has 0 aromatic heterocycles. The summed E-state index contributed by atoms with van der Waals surface area (Å²) >= 11 is 0. The molecule has 0 saturated carbocycles. The van der Waals surface area contributed by atoms with E-state index >= 15 is 0 Å². The Morgan fingerprint density at radius 2 is 1.34 bits per heavy atom. The first kappa shape index (κ1) is 27.1. The number of benzene rings is 2. The van der Waals surface area contributed by atoms with Crippen LogP contribution in [-0.4, -0.2) is 55.0 Å². The van der Waals surface area contributed by atoms with E-state index in [0.717, 1.165) is 12.1 Å². The van der Waals surface area contributed by atoms with E-state index in [9.17, 15) is 40.0 Å². The first-order valence-corrected chi connectivity index (χ1v) is 13.8. The number of esters is 1. The molecule has 1 fully saturated rings. The van der Waals surface area contributed by atoms with Gasteiger partial charge in [-0.1, -0.05) is 48.5 Å². The maximum absolute atomic E-state index is 14.9. The van der Waals surface area contributed by atoms with Crippen molar-refractivity contribution in [2.75, 3.05) is 17.3 Å². The third-order valence-corrected chi connectivity index (χ3v) is 10.8. The second-order valence-electron chi connectivity index (χ2n) is 7.79. The summed E-state index contributed by atoms with van der Waals surface area (Å²) in [6.07, 6.45) is -9.56. The van der Waals surface area contributed by atoms with Crippen molar-refractivity contribution < 1.29 is 48.3 Å². The Hall–Kier alpha value is -2.51. The molecule has 1 aliphatic heterocycles. The second-order valence-corrected chi connectivity index (χ2v) is 12.8. The molecule has 0 amide bonds. The normalized spacial score (nSPS) is 18.0. The smallest absolute Gasteiger partial charge is 0.432 e. The van der Waals surface area contributed by atoms with Gasteiger partial charge in [0, 0.05) is 17.1 Å². The number of carbonyl (C=O) groups excluding carboxylic acids is 2. The zero-order chi connectivity index (χ0) is 25.9. The summed E-state index contributed by atoms with van der Waals surface area (Å²) in [5.41, 5.74) is -0.300. The van der Waals surface area contributed by atoms with E-state index in [-0.39, 0.29) is 17.1 Å². The number of hydrogen-bond acceptors (Lipinski definition) is 6. The Morgan fingerprint density at radius 1 is 0.857 bits per heavy atom. The van der Waals surface area contributed by atoms with Gasteiger partial charge in [-0.05, 0) is 25.0 Å². The van der Waals surface area contributed by atoms with E-state index in [4.69, 9.17) is 3.63 Å². The average Bonchev–Trinajstić information content (AvgIpc) is 3.24. The minimum absolute atomic E-state index is 0.0542. The third-order valence-electron chi connectivity index (χ3n) is 5.18. The SMILES string of the molecule is O=C(CS1(OS(=O)(=O)C(F)(F)C(OC(=O)c2ccccc2)C(F)(F)F)CCCC1)c1ccccc1. The molecule has 6 nitrogen and oxygen atoms in total. The summed E-state index contributed by atoms with van der Waals surface area (Å²) in [6.45, 7) is 0. The molecule has 3 rings (SSSR count). The van der Waals surface area contributed by atoms with Crippen LogP contribution in [0.5, 0.6) is 0 Å². The van der Waals surface area contributed by atoms with E-state index in [2.05, 4.69) is 4.74 Å². The van der Waals surface area contributed by atoms with Crippen molar-refractivity contribution in [3.8, 4) is 0 Å². The molecule has 2 aromatic carbocycles. The lowest BCUT2D eigenvalue weighted by atomic mass is 10.2. The van der Waals surface area contributed by atoms with E-state index in [1.165, 1.54) is 30.3 Å². The summed E-state index contributed by atoms with van der Waals surface area (Å²) in [4.78, 5) is 24.7. The predicted octanol–water partition coefficient (Wildman–Crippen LogP) is 5.11. The van der Waals surface area contributed by atoms with Gasteiger partial charge < -0.3 is 4.74 Å². The summed E-state index contributed by atoms with van der Waals surface area (Å²) in [7, 11) is -9.32. The molecule has 0 aliphatic carbocycles. The van der Waals surface area contributed by atoms with Crippen LogP contribution in [-0.2, 0) is 18.5 Å². The molecule has 35 heavy (non-hydrogen) atoms. The van der Waals surface area contributed by atoms with Gasteiger partial charge in [0.15, 0.2) is 5.78 Å². The Labute approximate surface area is 200 Å². The highest BCUT2D eigenvalue weighted by Gasteiger charge is 2.68. The van der Waals surface area contributed by atoms with Gasteiger partial charge in [-0.25, -0.2) is 8.42 Å². The van der Waals surface area contributed by atoms with Gasteiger partial charge in [-0.2, -0.15) is 30.4 Å². The van der Waals surface area contributed by atoms with Gasteiger partial charge in [-0.3, -0.25) is 4.79 Å². The first-order valence-electron chi connectivity index (χ1n) is 10.3. The van der Waals surface area contributed by atoms with E-state index in [1.807, 2.05) is 0 Å². The molecule has 1 saturated heterocycles. The average molecular weight is 541 g/mol. The lowest BCUT2D eigenvalue weighted by Gasteiger charge is -2.36. The second kappa shape index (κ2) is 10.2. The molecule has 13 heteroatoms. The Kier molecular flexibility index (Phi) is 7.92. The molecular formula is C22H21F5O6S2. The summed E-state index contributed by atoms with van der Waals surface area (Å²) < 4.78 is 104. The van der Waals surface area contributed by atoms with Crippen LogP contribution < -0.4 is 0 Å². The molecular weight excluding hydrogens is 519 g/mol. The predicted molar refractivity (Wildman–Crippen MR) is 119 cm³/mol. The van der Waals surface area contributed by atoms with Gasteiger partial charge in [-0.15, -0.1) is 10.3 Å². The topological polar surface area (TPSA) is 86.7 Å². The van der Waals surface area contributed by atoms with E-state index < -0.39 is 61.0 Å². The fourth-order valence-electron chi connectivity index (χ4n) is 3.46. The molecule has 0 bridgehead atoms. The minimum Gasteiger partial charge on any atom is -0.441 e. The molecule has 1 atom stereocenters. The Balaban J connectivity index is 1.88. The molecule has 0 N–H and O–H groups in total. The van der Waals surface area contributed by atoms with Crippen molar-refractivity contribution in [3.05, 3.63) is 71.8 Å². The molecule has 1 unspecified atom stereocenters. The number of alkyl halides is 5. The highest BCUT2D eigenvalue weighted by atomic mass is 32.3. The number of rotatable bonds is 9. The molecule has 1 heterocycles. The zero-order valence-electron chi connectivity index (χ0n) is 18.0. The van der Waals surface area contributed by atoms with Crippen LogP contribution in [0, 0.1) is 0 Å². The first-order chi connectivity index (χ1) is 16.3. The fraction of sp³-hybridized carbons (Fsp3) is 0.364. The van der Waals surface area contributed by atoms with Crippen molar-refractivity contribution in [2.24, 2.45) is 0 Å². The highest BCUT2D eigenvalue weighted by molar-refractivity contribution is 8.33. The molecule has 1 aliphatic rings. The van der Waals surface area contributed by atoms with Gasteiger partial charge in [0.1, 0.15) is 0 Å². The number of halogens is 5. The van der Waals surface area contributed by atoms with Crippen molar-refractivity contribution >= 4 is 32.2 Å². The van der Waals surface area contributed by atoms with Crippen molar-refractivity contribution in [3.63, 3.8) is 0 Å². The van der Waals surface area contributed by atoms with Gasteiger partial charge in [0.2, 0.25) is 0 Å². The Morgan fingerprint density at radius 3 is 1.83 bits per heavy atom. The summed E-state index contributed by atoms with van der Waals surface area (Å²) in [5.74, 6) is -3.02. The lowest BCUT2D eigenvalue weighted by molar-refractivity contribution is -0.247. The van der Waals surface area contributed by atoms with E-state index in [0.29, 0.717) is 12.8 Å². The zero-order valence-corrected chi connectivity index (χ0v) is 19.7. The van der Waals surface area contributed by atoms with Crippen LogP contribution in [0.4, 0.5) is 22.0 Å². The van der Waals surface area contributed by atoms with E-state index in [1.54, 1.807) is 18.2 Å². The summed E-state index contributed by atoms with van der Waals surface area (Å²) in [6, 6.07) is 13.6. The van der Waals surface area contributed by atoms with Crippen molar-refractivity contribution in [1.82, 2.24) is 0 Å². The standard InChI is InChI=1S/C22H21F5O6S2/c23-21(24,25)20(32-19(29)17-11-5-2-6-12-17)22(26,27)35(30,31)33-34(13-7-8-14-34)15-18(28)16-9-3-1-4-10-16/h1-6,9-12,20H,7-8,13-15H2. The largest absolute Gasteiger partial charge is 0.441 e. The molecule has 0 radical (unpaired) electrons. The number of Topliss-reactive ketones (excluding diaryl/α,β-unsaturated/α-hetero) is 1. The van der Waals surface area contributed by atoms with Gasteiger partial charge >= 0.3 is 27.5 Å². The molecule has 2 aromatic rings. The van der Waals surface area contributed by atoms with Crippen LogP contribution in [0.15, 0.2) is 60.7 Å². The maximum atomic E-state index is 14.9. The van der Waals surface area contributed by atoms with Crippen molar-refractivity contribution in [1.29, 1.82) is 0 Å².